The molecule has 0 spiro atoms. The number of nitrogens with two attached hydrogens (primary N) is 1. The van der Waals surface area contributed by atoms with Gasteiger partial charge in [-0.2, -0.15) is 0 Å². The molecule has 4 N–H and O–H groups in total. The van der Waals surface area contributed by atoms with Gasteiger partial charge in [0.15, 0.2) is 0 Å². The van der Waals surface area contributed by atoms with Gasteiger partial charge < -0.3 is 20.9 Å². The molecule has 2 rings (SSSR count). The highest BCUT2D eigenvalue weighted by molar-refractivity contribution is 5.61. The molecule has 0 amide bonds. The molecule has 112 valence electrons. The fraction of sp³-hybridized carbons (Fsp3) is 0.294. The van der Waals surface area contributed by atoms with Gasteiger partial charge in [-0.1, -0.05) is 12.1 Å². The van der Waals surface area contributed by atoms with Crippen LogP contribution < -0.4 is 15.8 Å². The number of nitrogens with one attached hydrogen (secondary N) is 1. The zero-order valence-corrected chi connectivity index (χ0v) is 12.5. The van der Waals surface area contributed by atoms with Crippen molar-refractivity contribution in [1.29, 1.82) is 0 Å². The van der Waals surface area contributed by atoms with E-state index in [0.717, 1.165) is 18.7 Å². The Morgan fingerprint density at radius 1 is 1.14 bits per heavy atom. The van der Waals surface area contributed by atoms with Crippen LogP contribution in [0.3, 0.4) is 0 Å². The summed E-state index contributed by atoms with van der Waals surface area (Å²) in [5, 5.41) is 12.6. The monoisotopic (exact) mass is 286 g/mol. The lowest BCUT2D eigenvalue weighted by molar-refractivity contribution is 0.244. The van der Waals surface area contributed by atoms with Crippen LogP contribution in [0.4, 0.5) is 11.4 Å². The average molecular weight is 286 g/mol. The minimum Gasteiger partial charge on any atom is -0.508 e. The molecule has 4 heteroatoms. The predicted octanol–water partition coefficient (Wildman–Crippen LogP) is 3.42. The first-order valence-corrected chi connectivity index (χ1v) is 7.12. The minimum absolute atomic E-state index is 0.0968. The summed E-state index contributed by atoms with van der Waals surface area (Å²) in [5.74, 6) is 1.00. The highest BCUT2D eigenvalue weighted by atomic mass is 16.5. The first-order valence-electron chi connectivity index (χ1n) is 7.12. The van der Waals surface area contributed by atoms with Crippen LogP contribution in [0.5, 0.6) is 11.5 Å². The number of phenolic OH excluding ortho intramolecular Hbond substituents is 1. The van der Waals surface area contributed by atoms with Gasteiger partial charge in [-0.05, 0) is 50.1 Å². The summed E-state index contributed by atoms with van der Waals surface area (Å²) < 4.78 is 5.67. The molecule has 0 saturated heterocycles. The van der Waals surface area contributed by atoms with Crippen molar-refractivity contribution in [3.63, 3.8) is 0 Å². The van der Waals surface area contributed by atoms with Gasteiger partial charge in [0, 0.05) is 18.3 Å². The highest BCUT2D eigenvalue weighted by Gasteiger charge is 2.04. The zero-order valence-electron chi connectivity index (χ0n) is 12.5. The molecule has 0 saturated carbocycles. The Labute approximate surface area is 125 Å². The molecular weight excluding hydrogens is 264 g/mol. The van der Waals surface area contributed by atoms with Gasteiger partial charge in [0.1, 0.15) is 11.5 Å². The number of hydrogen-bond acceptors (Lipinski definition) is 4. The minimum atomic E-state index is 0.0968. The molecule has 21 heavy (non-hydrogen) atoms. The molecule has 4 nitrogen and oxygen atoms in total. The maximum absolute atomic E-state index is 9.25. The maximum Gasteiger partial charge on any atom is 0.144 e. The van der Waals surface area contributed by atoms with E-state index in [0.29, 0.717) is 17.2 Å². The average Bonchev–Trinajstić information content (AvgIpc) is 2.44. The summed E-state index contributed by atoms with van der Waals surface area (Å²) in [7, 11) is 0. The van der Waals surface area contributed by atoms with Crippen molar-refractivity contribution in [2.75, 3.05) is 17.6 Å². The standard InChI is InChI=1S/C17H22N2O2/c1-12(2)21-17-11-14(5-8-16(17)18)19-10-9-13-3-6-15(20)7-4-13/h3-8,11-12,19-20H,9-10,18H2,1-2H3. The molecule has 0 heterocycles. The molecule has 0 aliphatic heterocycles. The lowest BCUT2D eigenvalue weighted by atomic mass is 10.1. The van der Waals surface area contributed by atoms with Crippen LogP contribution in [0.1, 0.15) is 19.4 Å². The van der Waals surface area contributed by atoms with Crippen molar-refractivity contribution in [1.82, 2.24) is 0 Å². The molecular formula is C17H22N2O2. The lowest BCUT2D eigenvalue weighted by Crippen LogP contribution is -2.09. The van der Waals surface area contributed by atoms with Crippen LogP contribution in [0.15, 0.2) is 42.5 Å². The number of ether oxygens (including phenoxy) is 1. The van der Waals surface area contributed by atoms with Crippen LogP contribution >= 0.6 is 0 Å². The van der Waals surface area contributed by atoms with E-state index < -0.39 is 0 Å². The van der Waals surface area contributed by atoms with Gasteiger partial charge in [-0.25, -0.2) is 0 Å². The van der Waals surface area contributed by atoms with Crippen molar-refractivity contribution in [2.45, 2.75) is 26.4 Å². The lowest BCUT2D eigenvalue weighted by Gasteiger charge is -2.14. The van der Waals surface area contributed by atoms with Crippen LogP contribution in [-0.2, 0) is 6.42 Å². The van der Waals surface area contributed by atoms with E-state index in [1.165, 1.54) is 5.56 Å². The maximum atomic E-state index is 9.25. The van der Waals surface area contributed by atoms with Crippen molar-refractivity contribution in [3.05, 3.63) is 48.0 Å². The van der Waals surface area contributed by atoms with Gasteiger partial charge in [0.2, 0.25) is 0 Å². The summed E-state index contributed by atoms with van der Waals surface area (Å²) >= 11 is 0. The molecule has 0 aliphatic rings. The first kappa shape index (κ1) is 15.0. The van der Waals surface area contributed by atoms with Gasteiger partial charge >= 0.3 is 0 Å². The van der Waals surface area contributed by atoms with Crippen LogP contribution in [0, 0.1) is 0 Å². The summed E-state index contributed by atoms with van der Waals surface area (Å²) in [6, 6.07) is 13.0. The van der Waals surface area contributed by atoms with E-state index in [-0.39, 0.29) is 6.10 Å². The van der Waals surface area contributed by atoms with Gasteiger partial charge in [-0.15, -0.1) is 0 Å². The summed E-state index contributed by atoms with van der Waals surface area (Å²) in [6.07, 6.45) is 0.977. The van der Waals surface area contributed by atoms with E-state index in [1.807, 2.05) is 44.2 Å². The Hall–Kier alpha value is -2.36. The highest BCUT2D eigenvalue weighted by Crippen LogP contribution is 2.26. The molecule has 0 fully saturated rings. The third-order valence-corrected chi connectivity index (χ3v) is 3.06. The van der Waals surface area contributed by atoms with E-state index in [9.17, 15) is 5.11 Å². The second-order valence-corrected chi connectivity index (χ2v) is 5.26. The molecule has 0 unspecified atom stereocenters. The summed E-state index contributed by atoms with van der Waals surface area (Å²) in [5.41, 5.74) is 8.70. The van der Waals surface area contributed by atoms with Crippen molar-refractivity contribution in [3.8, 4) is 11.5 Å². The zero-order chi connectivity index (χ0) is 15.2. The van der Waals surface area contributed by atoms with Gasteiger partial charge in [-0.3, -0.25) is 0 Å². The SMILES string of the molecule is CC(C)Oc1cc(NCCc2ccc(O)cc2)ccc1N. The molecule has 2 aromatic rings. The van der Waals surface area contributed by atoms with Gasteiger partial charge in [0.05, 0.1) is 11.8 Å². The second kappa shape index (κ2) is 6.88. The number of hydrogen-bond donors (Lipinski definition) is 3. The number of benzene rings is 2. The summed E-state index contributed by atoms with van der Waals surface area (Å²) in [4.78, 5) is 0. The normalized spacial score (nSPS) is 10.6. The smallest absolute Gasteiger partial charge is 0.144 e. The Morgan fingerprint density at radius 2 is 1.86 bits per heavy atom. The number of anilines is 2. The van der Waals surface area contributed by atoms with Crippen LogP contribution in [0.25, 0.3) is 0 Å². The molecule has 0 atom stereocenters. The van der Waals surface area contributed by atoms with Crippen molar-refractivity contribution >= 4 is 11.4 Å². The van der Waals surface area contributed by atoms with E-state index in [2.05, 4.69) is 5.32 Å². The molecule has 0 aliphatic carbocycles. The fourth-order valence-electron chi connectivity index (χ4n) is 2.01. The number of phenols is 1. The van der Waals surface area contributed by atoms with Crippen molar-refractivity contribution in [2.24, 2.45) is 0 Å². The third-order valence-electron chi connectivity index (χ3n) is 3.06. The van der Waals surface area contributed by atoms with E-state index in [4.69, 9.17) is 10.5 Å². The van der Waals surface area contributed by atoms with E-state index >= 15 is 0 Å². The molecule has 0 radical (unpaired) electrons. The molecule has 0 aromatic heterocycles. The molecule has 2 aromatic carbocycles. The quantitative estimate of drug-likeness (QED) is 0.712. The Balaban J connectivity index is 1.92. The Bertz CT molecular complexity index is 580. The Kier molecular flexibility index (Phi) is 4.93. The predicted molar refractivity (Wildman–Crippen MR) is 86.9 cm³/mol. The Morgan fingerprint density at radius 3 is 2.52 bits per heavy atom. The largest absolute Gasteiger partial charge is 0.508 e. The van der Waals surface area contributed by atoms with Crippen molar-refractivity contribution < 1.29 is 9.84 Å². The topological polar surface area (TPSA) is 67.5 Å². The van der Waals surface area contributed by atoms with Crippen LogP contribution in [0.2, 0.25) is 0 Å². The summed E-state index contributed by atoms with van der Waals surface area (Å²) in [6.45, 7) is 4.75. The number of rotatable bonds is 6. The molecule has 0 bridgehead atoms. The number of nitrogen functional groups attached to an aromatic ring is 1. The third kappa shape index (κ3) is 4.60. The second-order valence-electron chi connectivity index (χ2n) is 5.26. The number of aromatic hydroxyl groups is 1. The van der Waals surface area contributed by atoms with E-state index in [1.54, 1.807) is 12.1 Å². The first-order chi connectivity index (χ1) is 10.0. The van der Waals surface area contributed by atoms with Gasteiger partial charge in [0.25, 0.3) is 0 Å². The van der Waals surface area contributed by atoms with Crippen LogP contribution in [-0.4, -0.2) is 17.8 Å². The fourth-order valence-corrected chi connectivity index (χ4v) is 2.01.